The van der Waals surface area contributed by atoms with Crippen LogP contribution >= 0.6 is 0 Å². The maximum Gasteiger partial charge on any atom is 0.0195 e. The Kier molecular flexibility index (Phi) is 4.74. The summed E-state index contributed by atoms with van der Waals surface area (Å²) in [6, 6.07) is 1.45. The molecule has 0 aromatic rings. The smallest absolute Gasteiger partial charge is 0.0195 e. The standard InChI is InChI=1S/C11H24N2/c1-4-8-13(10(2)3)9-11-6-5-7-12-11/h10-12H,4-9H2,1-3H3/t11-/m1/s1. The minimum Gasteiger partial charge on any atom is -0.313 e. The van der Waals surface area contributed by atoms with Crippen LogP contribution in [-0.4, -0.2) is 36.6 Å². The van der Waals surface area contributed by atoms with Crippen LogP contribution in [0.3, 0.4) is 0 Å². The predicted octanol–water partition coefficient (Wildman–Crippen LogP) is 1.86. The Balaban J connectivity index is 2.27. The maximum absolute atomic E-state index is 3.56. The molecule has 78 valence electrons. The third kappa shape index (κ3) is 3.65. The van der Waals surface area contributed by atoms with E-state index in [9.17, 15) is 0 Å². The molecule has 0 aromatic carbocycles. The highest BCUT2D eigenvalue weighted by Gasteiger charge is 2.18. The Morgan fingerprint density at radius 2 is 2.23 bits per heavy atom. The van der Waals surface area contributed by atoms with Gasteiger partial charge in [-0.15, -0.1) is 0 Å². The van der Waals surface area contributed by atoms with Crippen LogP contribution in [0.2, 0.25) is 0 Å². The Bertz CT molecular complexity index is 128. The molecule has 0 aromatic heterocycles. The first-order valence-electron chi connectivity index (χ1n) is 5.71. The van der Waals surface area contributed by atoms with E-state index in [2.05, 4.69) is 31.0 Å². The molecular formula is C11H24N2. The second kappa shape index (κ2) is 5.61. The van der Waals surface area contributed by atoms with Crippen LogP contribution in [0.15, 0.2) is 0 Å². The Morgan fingerprint density at radius 3 is 2.69 bits per heavy atom. The normalized spacial score (nSPS) is 23.3. The molecule has 1 aliphatic heterocycles. The van der Waals surface area contributed by atoms with Gasteiger partial charge < -0.3 is 5.32 Å². The second-order valence-electron chi connectivity index (χ2n) is 4.38. The van der Waals surface area contributed by atoms with Gasteiger partial charge in [0, 0.05) is 18.6 Å². The molecule has 0 unspecified atom stereocenters. The van der Waals surface area contributed by atoms with Gasteiger partial charge in [-0.1, -0.05) is 6.92 Å². The van der Waals surface area contributed by atoms with Crippen LogP contribution in [0, 0.1) is 0 Å². The molecule has 0 amide bonds. The SMILES string of the molecule is CCCN(C[C@H]1CCCN1)C(C)C. The fourth-order valence-corrected chi connectivity index (χ4v) is 2.04. The molecule has 1 rings (SSSR count). The highest BCUT2D eigenvalue weighted by molar-refractivity contribution is 4.78. The van der Waals surface area contributed by atoms with E-state index in [-0.39, 0.29) is 0 Å². The van der Waals surface area contributed by atoms with Gasteiger partial charge in [0.15, 0.2) is 0 Å². The molecule has 1 atom stereocenters. The van der Waals surface area contributed by atoms with Crippen molar-refractivity contribution in [3.05, 3.63) is 0 Å². The molecule has 0 saturated carbocycles. The zero-order chi connectivity index (χ0) is 9.68. The molecule has 1 fully saturated rings. The molecule has 1 N–H and O–H groups in total. The zero-order valence-electron chi connectivity index (χ0n) is 9.34. The van der Waals surface area contributed by atoms with Crippen LogP contribution in [0.25, 0.3) is 0 Å². The summed E-state index contributed by atoms with van der Waals surface area (Å²) in [7, 11) is 0. The summed E-state index contributed by atoms with van der Waals surface area (Å²) in [5, 5.41) is 3.56. The van der Waals surface area contributed by atoms with Crippen molar-refractivity contribution in [2.45, 2.75) is 52.1 Å². The van der Waals surface area contributed by atoms with Gasteiger partial charge in [-0.3, -0.25) is 4.90 Å². The third-order valence-electron chi connectivity index (χ3n) is 2.86. The molecule has 1 heterocycles. The molecule has 0 aliphatic carbocycles. The average Bonchev–Trinajstić information content (AvgIpc) is 2.56. The van der Waals surface area contributed by atoms with Gasteiger partial charge in [0.1, 0.15) is 0 Å². The van der Waals surface area contributed by atoms with Gasteiger partial charge in [-0.05, 0) is 46.2 Å². The minimum atomic E-state index is 0.697. The van der Waals surface area contributed by atoms with Crippen LogP contribution in [-0.2, 0) is 0 Å². The first-order chi connectivity index (χ1) is 6.24. The van der Waals surface area contributed by atoms with Crippen LogP contribution in [0.4, 0.5) is 0 Å². The molecule has 13 heavy (non-hydrogen) atoms. The Morgan fingerprint density at radius 1 is 1.46 bits per heavy atom. The van der Waals surface area contributed by atoms with Gasteiger partial charge in [-0.2, -0.15) is 0 Å². The van der Waals surface area contributed by atoms with Crippen molar-refractivity contribution in [2.75, 3.05) is 19.6 Å². The summed E-state index contributed by atoms with van der Waals surface area (Å²) >= 11 is 0. The minimum absolute atomic E-state index is 0.697. The van der Waals surface area contributed by atoms with E-state index in [1.807, 2.05) is 0 Å². The number of hydrogen-bond acceptors (Lipinski definition) is 2. The largest absolute Gasteiger partial charge is 0.313 e. The zero-order valence-corrected chi connectivity index (χ0v) is 9.34. The van der Waals surface area contributed by atoms with Crippen molar-refractivity contribution in [1.29, 1.82) is 0 Å². The number of hydrogen-bond donors (Lipinski definition) is 1. The van der Waals surface area contributed by atoms with Crippen molar-refractivity contribution in [3.63, 3.8) is 0 Å². The molecule has 2 heteroatoms. The topological polar surface area (TPSA) is 15.3 Å². The molecule has 1 saturated heterocycles. The van der Waals surface area contributed by atoms with E-state index < -0.39 is 0 Å². The summed E-state index contributed by atoms with van der Waals surface area (Å²) in [5.41, 5.74) is 0. The highest BCUT2D eigenvalue weighted by Crippen LogP contribution is 2.09. The van der Waals surface area contributed by atoms with E-state index in [1.165, 1.54) is 38.9 Å². The fraction of sp³-hybridized carbons (Fsp3) is 1.00. The van der Waals surface area contributed by atoms with Gasteiger partial charge in [-0.25, -0.2) is 0 Å². The van der Waals surface area contributed by atoms with Crippen molar-refractivity contribution in [2.24, 2.45) is 0 Å². The highest BCUT2D eigenvalue weighted by atomic mass is 15.2. The summed E-state index contributed by atoms with van der Waals surface area (Å²) in [4.78, 5) is 2.59. The van der Waals surface area contributed by atoms with Gasteiger partial charge >= 0.3 is 0 Å². The summed E-state index contributed by atoms with van der Waals surface area (Å²) in [5.74, 6) is 0. The maximum atomic E-state index is 3.56. The van der Waals surface area contributed by atoms with E-state index in [0.29, 0.717) is 6.04 Å². The monoisotopic (exact) mass is 184 g/mol. The summed E-state index contributed by atoms with van der Waals surface area (Å²) < 4.78 is 0. The summed E-state index contributed by atoms with van der Waals surface area (Å²) in [6.07, 6.45) is 4.00. The lowest BCUT2D eigenvalue weighted by atomic mass is 10.2. The Hall–Kier alpha value is -0.0800. The lowest BCUT2D eigenvalue weighted by Gasteiger charge is -2.28. The molecule has 0 spiro atoms. The number of nitrogens with one attached hydrogen (secondary N) is 1. The first kappa shape index (κ1) is 11.0. The van der Waals surface area contributed by atoms with Crippen LogP contribution in [0.1, 0.15) is 40.0 Å². The Labute approximate surface area is 82.7 Å². The molecular weight excluding hydrogens is 160 g/mol. The number of rotatable bonds is 5. The molecule has 2 nitrogen and oxygen atoms in total. The van der Waals surface area contributed by atoms with Crippen molar-refractivity contribution in [3.8, 4) is 0 Å². The predicted molar refractivity (Wildman–Crippen MR) is 58.0 cm³/mol. The van der Waals surface area contributed by atoms with Gasteiger partial charge in [0.25, 0.3) is 0 Å². The molecule has 0 radical (unpaired) electrons. The van der Waals surface area contributed by atoms with Crippen LogP contribution in [0.5, 0.6) is 0 Å². The third-order valence-corrected chi connectivity index (χ3v) is 2.86. The van der Waals surface area contributed by atoms with Crippen molar-refractivity contribution < 1.29 is 0 Å². The summed E-state index contributed by atoms with van der Waals surface area (Å²) in [6.45, 7) is 10.6. The van der Waals surface area contributed by atoms with Gasteiger partial charge in [0.2, 0.25) is 0 Å². The number of nitrogens with zero attached hydrogens (tertiary/aromatic N) is 1. The van der Waals surface area contributed by atoms with Crippen molar-refractivity contribution in [1.82, 2.24) is 10.2 Å². The first-order valence-corrected chi connectivity index (χ1v) is 5.71. The quantitative estimate of drug-likeness (QED) is 0.701. The van der Waals surface area contributed by atoms with E-state index in [4.69, 9.17) is 0 Å². The average molecular weight is 184 g/mol. The van der Waals surface area contributed by atoms with Gasteiger partial charge in [0.05, 0.1) is 0 Å². The molecule has 0 bridgehead atoms. The van der Waals surface area contributed by atoms with Crippen LogP contribution < -0.4 is 5.32 Å². The lowest BCUT2D eigenvalue weighted by Crippen LogP contribution is -2.41. The van der Waals surface area contributed by atoms with Crippen molar-refractivity contribution >= 4 is 0 Å². The molecule has 1 aliphatic rings. The van der Waals surface area contributed by atoms with E-state index in [0.717, 1.165) is 6.04 Å². The second-order valence-corrected chi connectivity index (χ2v) is 4.38. The fourth-order valence-electron chi connectivity index (χ4n) is 2.04. The van der Waals surface area contributed by atoms with E-state index in [1.54, 1.807) is 0 Å². The lowest BCUT2D eigenvalue weighted by molar-refractivity contribution is 0.203. The van der Waals surface area contributed by atoms with E-state index >= 15 is 0 Å².